The summed E-state index contributed by atoms with van der Waals surface area (Å²) in [6, 6.07) is 14.3. The Bertz CT molecular complexity index is 1070. The average Bonchev–Trinajstić information content (AvgIpc) is 3.15. The summed E-state index contributed by atoms with van der Waals surface area (Å²) >= 11 is 6.42. The fraction of sp³-hybridized carbons (Fsp3) is 0.227. The van der Waals surface area contributed by atoms with Gasteiger partial charge in [0.2, 0.25) is 0 Å². The van der Waals surface area contributed by atoms with E-state index in [4.69, 9.17) is 11.6 Å². The lowest BCUT2D eigenvalue weighted by Crippen LogP contribution is -2.42. The van der Waals surface area contributed by atoms with E-state index in [0.717, 1.165) is 17.3 Å². The molecule has 1 aromatic heterocycles. The first-order valence-corrected chi connectivity index (χ1v) is 9.53. The molecule has 2 aromatic carbocycles. The van der Waals surface area contributed by atoms with Gasteiger partial charge in [-0.05, 0) is 48.4 Å². The van der Waals surface area contributed by atoms with Gasteiger partial charge in [-0.3, -0.25) is 4.79 Å². The molecule has 1 atom stereocenters. The molecule has 1 amide bonds. The van der Waals surface area contributed by atoms with E-state index < -0.39 is 23.7 Å². The molecule has 1 aliphatic heterocycles. The maximum atomic E-state index is 13.3. The molecule has 0 N–H and O–H groups in total. The number of amides is 1. The van der Waals surface area contributed by atoms with Gasteiger partial charge in [0, 0.05) is 35.6 Å². The number of fused-ring (bicyclic) bond motifs is 1. The minimum absolute atomic E-state index is 0.0139. The van der Waals surface area contributed by atoms with Gasteiger partial charge in [-0.2, -0.15) is 13.2 Å². The van der Waals surface area contributed by atoms with Crippen molar-refractivity contribution < 1.29 is 18.0 Å². The molecule has 29 heavy (non-hydrogen) atoms. The Labute approximate surface area is 171 Å². The van der Waals surface area contributed by atoms with Crippen LogP contribution in [-0.4, -0.2) is 21.9 Å². The quantitative estimate of drug-likeness (QED) is 0.523. The molecule has 7 heteroatoms. The second-order valence-corrected chi connectivity index (χ2v) is 7.48. The summed E-state index contributed by atoms with van der Waals surface area (Å²) in [5.41, 5.74) is 0.924. The predicted octanol–water partition coefficient (Wildman–Crippen LogP) is 5.71. The summed E-state index contributed by atoms with van der Waals surface area (Å²) < 4.78 is 42.1. The highest BCUT2D eigenvalue weighted by Gasteiger charge is 2.36. The Morgan fingerprint density at radius 1 is 1.07 bits per heavy atom. The van der Waals surface area contributed by atoms with Gasteiger partial charge in [0.05, 0.1) is 11.6 Å². The number of halogens is 4. The van der Waals surface area contributed by atoms with Crippen LogP contribution in [0.3, 0.4) is 0 Å². The molecule has 3 nitrogen and oxygen atoms in total. The van der Waals surface area contributed by atoms with Gasteiger partial charge in [0.15, 0.2) is 0 Å². The topological polar surface area (TPSA) is 25.2 Å². The number of rotatable bonds is 2. The standard InChI is InChI=1S/C22H18ClF3N2O/c1-14-8-9-15(13-17(14)22(24,25)26)21(29)28-12-11-27-10-4-7-19(27)20(28)16-5-2-3-6-18(16)23/h2-10,13,20H,11-12H2,1H3. The normalized spacial score (nSPS) is 16.6. The molecule has 0 radical (unpaired) electrons. The van der Waals surface area contributed by atoms with Crippen LogP contribution in [0.25, 0.3) is 0 Å². The van der Waals surface area contributed by atoms with Gasteiger partial charge in [0.25, 0.3) is 5.91 Å². The molecular formula is C22H18ClF3N2O. The third-order valence-corrected chi connectivity index (χ3v) is 5.63. The van der Waals surface area contributed by atoms with Crippen molar-refractivity contribution >= 4 is 17.5 Å². The molecule has 2 heterocycles. The molecule has 1 aliphatic rings. The van der Waals surface area contributed by atoms with Crippen LogP contribution in [0.15, 0.2) is 60.8 Å². The van der Waals surface area contributed by atoms with Crippen molar-refractivity contribution in [3.63, 3.8) is 0 Å². The van der Waals surface area contributed by atoms with Crippen LogP contribution >= 0.6 is 11.6 Å². The van der Waals surface area contributed by atoms with E-state index in [1.165, 1.54) is 19.1 Å². The Morgan fingerprint density at radius 3 is 2.55 bits per heavy atom. The van der Waals surface area contributed by atoms with Crippen LogP contribution in [-0.2, 0) is 12.7 Å². The second kappa shape index (κ2) is 7.26. The van der Waals surface area contributed by atoms with Crippen molar-refractivity contribution in [2.45, 2.75) is 25.7 Å². The van der Waals surface area contributed by atoms with E-state index in [9.17, 15) is 18.0 Å². The summed E-state index contributed by atoms with van der Waals surface area (Å²) in [6.45, 7) is 2.32. The van der Waals surface area contributed by atoms with Gasteiger partial charge in [-0.25, -0.2) is 0 Å². The molecule has 0 aliphatic carbocycles. The lowest BCUT2D eigenvalue weighted by atomic mass is 9.97. The third-order valence-electron chi connectivity index (χ3n) is 5.29. The number of hydrogen-bond donors (Lipinski definition) is 0. The van der Waals surface area contributed by atoms with Crippen molar-refractivity contribution in [1.29, 1.82) is 0 Å². The first kappa shape index (κ1) is 19.6. The summed E-state index contributed by atoms with van der Waals surface area (Å²) in [4.78, 5) is 14.9. The van der Waals surface area contributed by atoms with Crippen molar-refractivity contribution in [3.8, 4) is 0 Å². The Hall–Kier alpha value is -2.73. The average molecular weight is 419 g/mol. The summed E-state index contributed by atoms with van der Waals surface area (Å²) in [5, 5.41) is 0.504. The van der Waals surface area contributed by atoms with E-state index in [-0.39, 0.29) is 11.1 Å². The number of benzene rings is 2. The van der Waals surface area contributed by atoms with Crippen LogP contribution in [0.5, 0.6) is 0 Å². The van der Waals surface area contributed by atoms with Crippen molar-refractivity contribution in [2.24, 2.45) is 0 Å². The monoisotopic (exact) mass is 418 g/mol. The van der Waals surface area contributed by atoms with Crippen LogP contribution in [0.2, 0.25) is 5.02 Å². The van der Waals surface area contributed by atoms with Gasteiger partial charge in [-0.1, -0.05) is 35.9 Å². The van der Waals surface area contributed by atoms with E-state index >= 15 is 0 Å². The fourth-order valence-corrected chi connectivity index (χ4v) is 4.09. The zero-order valence-corrected chi connectivity index (χ0v) is 16.3. The predicted molar refractivity (Wildman–Crippen MR) is 105 cm³/mol. The molecule has 150 valence electrons. The van der Waals surface area contributed by atoms with Gasteiger partial charge >= 0.3 is 6.18 Å². The molecule has 3 aromatic rings. The van der Waals surface area contributed by atoms with Crippen LogP contribution in [0, 0.1) is 6.92 Å². The summed E-state index contributed by atoms with van der Waals surface area (Å²) in [7, 11) is 0. The summed E-state index contributed by atoms with van der Waals surface area (Å²) in [6.07, 6.45) is -2.59. The van der Waals surface area contributed by atoms with Gasteiger partial charge in [0.1, 0.15) is 0 Å². The second-order valence-electron chi connectivity index (χ2n) is 7.08. The molecule has 0 spiro atoms. The SMILES string of the molecule is Cc1ccc(C(=O)N2CCn3cccc3C2c2ccccc2Cl)cc1C(F)(F)F. The zero-order valence-electron chi connectivity index (χ0n) is 15.6. The largest absolute Gasteiger partial charge is 0.416 e. The highest BCUT2D eigenvalue weighted by atomic mass is 35.5. The lowest BCUT2D eigenvalue weighted by molar-refractivity contribution is -0.138. The van der Waals surface area contributed by atoms with Gasteiger partial charge < -0.3 is 9.47 Å². The smallest absolute Gasteiger partial charge is 0.348 e. The molecule has 4 rings (SSSR count). The maximum Gasteiger partial charge on any atom is 0.416 e. The number of hydrogen-bond acceptors (Lipinski definition) is 1. The fourth-order valence-electron chi connectivity index (χ4n) is 3.85. The minimum atomic E-state index is -4.51. The first-order valence-electron chi connectivity index (χ1n) is 9.15. The number of aromatic nitrogens is 1. The van der Waals surface area contributed by atoms with Gasteiger partial charge in [-0.15, -0.1) is 0 Å². The van der Waals surface area contributed by atoms with Crippen LogP contribution < -0.4 is 0 Å². The summed E-state index contributed by atoms with van der Waals surface area (Å²) in [5.74, 6) is -0.451. The number of alkyl halides is 3. The molecule has 0 saturated carbocycles. The Kier molecular flexibility index (Phi) is 4.90. The minimum Gasteiger partial charge on any atom is -0.348 e. The lowest BCUT2D eigenvalue weighted by Gasteiger charge is -2.38. The van der Waals surface area contributed by atoms with Crippen molar-refractivity contribution in [2.75, 3.05) is 6.54 Å². The van der Waals surface area contributed by atoms with E-state index in [1.807, 2.05) is 35.0 Å². The van der Waals surface area contributed by atoms with Crippen molar-refractivity contribution in [3.05, 3.63) is 93.8 Å². The van der Waals surface area contributed by atoms with E-state index in [2.05, 4.69) is 0 Å². The van der Waals surface area contributed by atoms with E-state index in [1.54, 1.807) is 17.0 Å². The molecule has 0 saturated heterocycles. The number of carbonyl (C=O) groups excluding carboxylic acids is 1. The van der Waals surface area contributed by atoms with Crippen LogP contribution in [0.4, 0.5) is 13.2 Å². The molecule has 0 bridgehead atoms. The maximum absolute atomic E-state index is 13.3. The number of aryl methyl sites for hydroxylation is 1. The molecule has 1 unspecified atom stereocenters. The van der Waals surface area contributed by atoms with E-state index in [0.29, 0.717) is 18.1 Å². The number of nitrogens with zero attached hydrogens (tertiary/aromatic N) is 2. The highest BCUT2D eigenvalue weighted by molar-refractivity contribution is 6.31. The highest BCUT2D eigenvalue weighted by Crippen LogP contribution is 2.38. The molecule has 0 fully saturated rings. The first-order chi connectivity index (χ1) is 13.8. The number of carbonyl (C=O) groups is 1. The zero-order chi connectivity index (χ0) is 20.8. The van der Waals surface area contributed by atoms with Crippen molar-refractivity contribution in [1.82, 2.24) is 9.47 Å². The third kappa shape index (κ3) is 3.53. The Balaban J connectivity index is 1.79. The van der Waals surface area contributed by atoms with Crippen LogP contribution in [0.1, 0.15) is 38.8 Å². The Morgan fingerprint density at radius 2 is 1.83 bits per heavy atom. The molecular weight excluding hydrogens is 401 g/mol.